The van der Waals surface area contributed by atoms with Gasteiger partial charge in [-0.3, -0.25) is 4.79 Å². The third kappa shape index (κ3) is 3.64. The summed E-state index contributed by atoms with van der Waals surface area (Å²) in [5, 5.41) is 6.14. The molecule has 0 radical (unpaired) electrons. The van der Waals surface area contributed by atoms with Gasteiger partial charge in [0.15, 0.2) is 0 Å². The van der Waals surface area contributed by atoms with Crippen molar-refractivity contribution in [3.8, 4) is 0 Å². The average Bonchev–Trinajstić information content (AvgIpc) is 2.51. The number of amides is 1. The van der Waals surface area contributed by atoms with E-state index in [1.165, 1.54) is 6.42 Å². The zero-order valence-corrected chi connectivity index (χ0v) is 9.34. The molecule has 2 N–H and O–H groups in total. The number of rotatable bonds is 4. The fourth-order valence-electron chi connectivity index (χ4n) is 1.97. The lowest BCUT2D eigenvalue weighted by Crippen LogP contribution is -2.38. The van der Waals surface area contributed by atoms with E-state index >= 15 is 0 Å². The molecule has 14 heavy (non-hydrogen) atoms. The third-order valence-corrected chi connectivity index (χ3v) is 2.63. The molecule has 0 spiro atoms. The fourth-order valence-corrected chi connectivity index (χ4v) is 1.97. The van der Waals surface area contributed by atoms with Crippen molar-refractivity contribution < 1.29 is 4.79 Å². The summed E-state index contributed by atoms with van der Waals surface area (Å²) < 4.78 is 0. The van der Waals surface area contributed by atoms with Gasteiger partial charge < -0.3 is 15.5 Å². The van der Waals surface area contributed by atoms with Crippen molar-refractivity contribution in [2.75, 3.05) is 27.7 Å². The Morgan fingerprint density at radius 1 is 1.43 bits per heavy atom. The average molecular weight is 199 g/mol. The monoisotopic (exact) mass is 199 g/mol. The largest absolute Gasteiger partial charge is 0.359 e. The molecule has 1 heterocycles. The number of nitrogens with one attached hydrogen (secondary N) is 2. The maximum absolute atomic E-state index is 11.1. The third-order valence-electron chi connectivity index (χ3n) is 2.63. The Balaban J connectivity index is 2.23. The van der Waals surface area contributed by atoms with Crippen molar-refractivity contribution >= 4 is 5.91 Å². The number of hydrogen-bond acceptors (Lipinski definition) is 3. The first-order chi connectivity index (χ1) is 6.61. The maximum atomic E-state index is 11.1. The van der Waals surface area contributed by atoms with Gasteiger partial charge in [-0.2, -0.15) is 0 Å². The van der Waals surface area contributed by atoms with E-state index in [2.05, 4.69) is 29.6 Å². The molecule has 2 unspecified atom stereocenters. The second kappa shape index (κ2) is 5.32. The first kappa shape index (κ1) is 11.5. The van der Waals surface area contributed by atoms with Gasteiger partial charge in [0.1, 0.15) is 0 Å². The Morgan fingerprint density at radius 3 is 2.64 bits per heavy atom. The molecule has 1 saturated heterocycles. The van der Waals surface area contributed by atoms with Gasteiger partial charge in [-0.1, -0.05) is 0 Å². The van der Waals surface area contributed by atoms with Gasteiger partial charge in [0.25, 0.3) is 0 Å². The summed E-state index contributed by atoms with van der Waals surface area (Å²) >= 11 is 0. The summed E-state index contributed by atoms with van der Waals surface area (Å²) in [4.78, 5) is 13.3. The van der Waals surface area contributed by atoms with E-state index in [1.807, 2.05) is 0 Å². The van der Waals surface area contributed by atoms with Crippen LogP contribution in [0, 0.1) is 0 Å². The Labute approximate surface area is 86.0 Å². The molecule has 1 amide bonds. The van der Waals surface area contributed by atoms with Crippen molar-refractivity contribution in [2.45, 2.75) is 31.3 Å². The van der Waals surface area contributed by atoms with E-state index in [9.17, 15) is 4.79 Å². The minimum Gasteiger partial charge on any atom is -0.359 e. The number of likely N-dealkylation sites (N-methyl/N-ethyl adjacent to an activating group) is 1. The molecule has 0 aliphatic carbocycles. The van der Waals surface area contributed by atoms with E-state index < -0.39 is 0 Å². The van der Waals surface area contributed by atoms with E-state index in [1.54, 1.807) is 7.05 Å². The Bertz CT molecular complexity index is 194. The van der Waals surface area contributed by atoms with Crippen LogP contribution in [-0.2, 0) is 4.79 Å². The second-order valence-corrected chi connectivity index (χ2v) is 4.28. The lowest BCUT2D eigenvalue weighted by Gasteiger charge is -2.17. The van der Waals surface area contributed by atoms with Crippen LogP contribution in [0.3, 0.4) is 0 Å². The highest BCUT2D eigenvalue weighted by Crippen LogP contribution is 2.15. The molecule has 1 fully saturated rings. The fraction of sp³-hybridized carbons (Fsp3) is 0.900. The molecule has 0 aromatic heterocycles. The van der Waals surface area contributed by atoms with Crippen LogP contribution in [0.15, 0.2) is 0 Å². The van der Waals surface area contributed by atoms with Crippen LogP contribution in [0.25, 0.3) is 0 Å². The van der Waals surface area contributed by atoms with Crippen LogP contribution in [0.2, 0.25) is 0 Å². The SMILES string of the molecule is CNC(=O)CC1CCC(CN(C)C)N1. The second-order valence-electron chi connectivity index (χ2n) is 4.28. The van der Waals surface area contributed by atoms with Crippen LogP contribution >= 0.6 is 0 Å². The highest BCUT2D eigenvalue weighted by Gasteiger charge is 2.25. The van der Waals surface area contributed by atoms with Gasteiger partial charge >= 0.3 is 0 Å². The van der Waals surface area contributed by atoms with Gasteiger partial charge in [-0.25, -0.2) is 0 Å². The number of carbonyl (C=O) groups excluding carboxylic acids is 1. The highest BCUT2D eigenvalue weighted by atomic mass is 16.1. The molecule has 0 saturated carbocycles. The topological polar surface area (TPSA) is 44.4 Å². The van der Waals surface area contributed by atoms with Crippen molar-refractivity contribution in [3.05, 3.63) is 0 Å². The zero-order chi connectivity index (χ0) is 10.6. The molecular weight excluding hydrogens is 178 g/mol. The highest BCUT2D eigenvalue weighted by molar-refractivity contribution is 5.76. The normalized spacial score (nSPS) is 26.9. The molecule has 82 valence electrons. The predicted molar refractivity (Wildman–Crippen MR) is 57.2 cm³/mol. The van der Waals surface area contributed by atoms with Gasteiger partial charge in [-0.15, -0.1) is 0 Å². The summed E-state index contributed by atoms with van der Waals surface area (Å²) in [5.41, 5.74) is 0. The van der Waals surface area contributed by atoms with Crippen LogP contribution in [0.4, 0.5) is 0 Å². The molecular formula is C10H21N3O. The molecule has 0 aromatic carbocycles. The molecule has 0 aromatic rings. The van der Waals surface area contributed by atoms with Crippen LogP contribution < -0.4 is 10.6 Å². The maximum Gasteiger partial charge on any atom is 0.221 e. The van der Waals surface area contributed by atoms with E-state index in [-0.39, 0.29) is 5.91 Å². The minimum absolute atomic E-state index is 0.132. The van der Waals surface area contributed by atoms with Crippen molar-refractivity contribution in [2.24, 2.45) is 0 Å². The van der Waals surface area contributed by atoms with E-state index in [0.29, 0.717) is 18.5 Å². The van der Waals surface area contributed by atoms with E-state index in [0.717, 1.165) is 13.0 Å². The summed E-state index contributed by atoms with van der Waals surface area (Å²) in [6, 6.07) is 0.930. The lowest BCUT2D eigenvalue weighted by molar-refractivity contribution is -0.121. The number of carbonyl (C=O) groups is 1. The molecule has 2 atom stereocenters. The molecule has 1 aliphatic rings. The van der Waals surface area contributed by atoms with Gasteiger partial charge in [0.05, 0.1) is 0 Å². The Hall–Kier alpha value is -0.610. The molecule has 4 nitrogen and oxygen atoms in total. The smallest absolute Gasteiger partial charge is 0.221 e. The van der Waals surface area contributed by atoms with Crippen LogP contribution in [-0.4, -0.2) is 50.6 Å². The summed E-state index contributed by atoms with van der Waals surface area (Å²) in [6.07, 6.45) is 2.91. The predicted octanol–water partition coefficient (Wildman–Crippen LogP) is -0.195. The van der Waals surface area contributed by atoms with Crippen LogP contribution in [0.5, 0.6) is 0 Å². The van der Waals surface area contributed by atoms with Gasteiger partial charge in [0.2, 0.25) is 5.91 Å². The molecule has 0 bridgehead atoms. The Morgan fingerprint density at radius 2 is 2.07 bits per heavy atom. The Kier molecular flexibility index (Phi) is 4.35. The first-order valence-corrected chi connectivity index (χ1v) is 5.23. The lowest BCUT2D eigenvalue weighted by atomic mass is 10.1. The van der Waals surface area contributed by atoms with Crippen LogP contribution in [0.1, 0.15) is 19.3 Å². The van der Waals surface area contributed by atoms with Crippen molar-refractivity contribution in [1.82, 2.24) is 15.5 Å². The standard InChI is InChI=1S/C10H21N3O/c1-11-10(14)6-8-4-5-9(12-8)7-13(2)3/h8-9,12H,4-7H2,1-3H3,(H,11,14). The molecule has 4 heteroatoms. The zero-order valence-electron chi connectivity index (χ0n) is 9.34. The first-order valence-electron chi connectivity index (χ1n) is 5.23. The summed E-state index contributed by atoms with van der Waals surface area (Å²) in [6.45, 7) is 1.06. The van der Waals surface area contributed by atoms with Gasteiger partial charge in [0, 0.05) is 32.1 Å². The molecule has 1 rings (SSSR count). The van der Waals surface area contributed by atoms with E-state index in [4.69, 9.17) is 0 Å². The van der Waals surface area contributed by atoms with Crippen molar-refractivity contribution in [3.63, 3.8) is 0 Å². The summed E-state index contributed by atoms with van der Waals surface area (Å²) in [5.74, 6) is 0.132. The quantitative estimate of drug-likeness (QED) is 0.659. The number of hydrogen-bond donors (Lipinski definition) is 2. The van der Waals surface area contributed by atoms with Crippen molar-refractivity contribution in [1.29, 1.82) is 0 Å². The number of nitrogens with zero attached hydrogens (tertiary/aromatic N) is 1. The minimum atomic E-state index is 0.132. The summed E-state index contributed by atoms with van der Waals surface area (Å²) in [7, 11) is 5.84. The molecule has 1 aliphatic heterocycles. The van der Waals surface area contributed by atoms with Gasteiger partial charge in [-0.05, 0) is 26.9 Å².